The molecule has 0 atom stereocenters. The van der Waals surface area contributed by atoms with Crippen LogP contribution in [0.15, 0.2) is 36.4 Å². The number of rotatable bonds is 4. The Bertz CT molecular complexity index is 736. The van der Waals surface area contributed by atoms with Crippen molar-refractivity contribution in [1.29, 1.82) is 0 Å². The number of phenols is 1. The molecule has 0 fully saturated rings. The Hall–Kier alpha value is -3.16. The average Bonchev–Trinajstić information content (AvgIpc) is 2.55. The molecular formula is C18H23N3O5. The highest BCUT2D eigenvalue weighted by atomic mass is 16.6. The minimum Gasteiger partial charge on any atom is -0.508 e. The molecule has 0 spiro atoms. The first-order valence-electron chi connectivity index (χ1n) is 8.05. The quantitative estimate of drug-likeness (QED) is 0.460. The maximum absolute atomic E-state index is 10.5. The molecule has 2 aromatic rings. The number of nitro groups is 2. The van der Waals surface area contributed by atoms with Crippen LogP contribution in [0.4, 0.5) is 17.1 Å². The highest BCUT2D eigenvalue weighted by molar-refractivity contribution is 5.53. The second-order valence-electron chi connectivity index (χ2n) is 6.38. The first-order chi connectivity index (χ1) is 12.0. The molecule has 0 saturated heterocycles. The van der Waals surface area contributed by atoms with E-state index < -0.39 is 9.85 Å². The van der Waals surface area contributed by atoms with E-state index in [-0.39, 0.29) is 29.0 Å². The molecule has 0 bridgehead atoms. The first-order valence-corrected chi connectivity index (χ1v) is 8.05. The van der Waals surface area contributed by atoms with Crippen LogP contribution in [0.2, 0.25) is 0 Å². The predicted molar refractivity (Wildman–Crippen MR) is 100 cm³/mol. The van der Waals surface area contributed by atoms with Gasteiger partial charge in [0.15, 0.2) is 0 Å². The molecule has 8 nitrogen and oxygen atoms in total. The molecule has 2 rings (SSSR count). The van der Waals surface area contributed by atoms with Gasteiger partial charge in [-0.05, 0) is 29.5 Å². The second kappa shape index (κ2) is 8.80. The Balaban J connectivity index is 0.000000260. The summed E-state index contributed by atoms with van der Waals surface area (Å²) in [6.45, 7) is 7.66. The third-order valence-electron chi connectivity index (χ3n) is 3.75. The summed E-state index contributed by atoms with van der Waals surface area (Å²) in [6, 6.07) is 8.57. The van der Waals surface area contributed by atoms with E-state index in [1.165, 1.54) is 30.3 Å². The molecule has 0 radical (unpaired) electrons. The van der Waals surface area contributed by atoms with Crippen molar-refractivity contribution in [2.75, 3.05) is 5.73 Å². The molecular weight excluding hydrogens is 338 g/mol. The minimum atomic E-state index is -0.467. The van der Waals surface area contributed by atoms with Gasteiger partial charge in [-0.3, -0.25) is 20.2 Å². The van der Waals surface area contributed by atoms with Gasteiger partial charge in [0.2, 0.25) is 0 Å². The van der Waals surface area contributed by atoms with E-state index >= 15 is 0 Å². The molecule has 0 aliphatic rings. The highest BCUT2D eigenvalue weighted by Crippen LogP contribution is 2.29. The van der Waals surface area contributed by atoms with Crippen LogP contribution in [0, 0.1) is 20.2 Å². The van der Waals surface area contributed by atoms with E-state index in [1.807, 2.05) is 27.7 Å². The molecule has 0 amide bonds. The number of anilines is 1. The van der Waals surface area contributed by atoms with E-state index in [2.05, 4.69) is 0 Å². The number of aromatic hydroxyl groups is 1. The van der Waals surface area contributed by atoms with Gasteiger partial charge in [-0.1, -0.05) is 27.7 Å². The summed E-state index contributed by atoms with van der Waals surface area (Å²) in [5.41, 5.74) is 7.82. The number of benzene rings is 2. The molecule has 140 valence electrons. The number of nitro benzene ring substituents is 2. The molecule has 0 heterocycles. The number of phenolic OH excluding ortho intramolecular Hbond substituents is 1. The van der Waals surface area contributed by atoms with Crippen molar-refractivity contribution in [3.05, 3.63) is 67.8 Å². The number of nitrogens with zero attached hydrogens (tertiary/aromatic N) is 2. The van der Waals surface area contributed by atoms with Crippen LogP contribution < -0.4 is 5.73 Å². The fraction of sp³-hybridized carbons (Fsp3) is 0.333. The lowest BCUT2D eigenvalue weighted by Gasteiger charge is -2.07. The molecule has 0 aliphatic heterocycles. The van der Waals surface area contributed by atoms with Crippen molar-refractivity contribution in [2.45, 2.75) is 39.5 Å². The molecule has 26 heavy (non-hydrogen) atoms. The molecule has 8 heteroatoms. The topological polar surface area (TPSA) is 133 Å². The zero-order valence-electron chi connectivity index (χ0n) is 15.2. The largest absolute Gasteiger partial charge is 0.508 e. The predicted octanol–water partition coefficient (Wildman–Crippen LogP) is 4.72. The summed E-state index contributed by atoms with van der Waals surface area (Å²) in [6.07, 6.45) is 0. The van der Waals surface area contributed by atoms with Crippen molar-refractivity contribution < 1.29 is 15.0 Å². The van der Waals surface area contributed by atoms with Crippen LogP contribution >= 0.6 is 0 Å². The van der Waals surface area contributed by atoms with Crippen molar-refractivity contribution in [2.24, 2.45) is 0 Å². The Morgan fingerprint density at radius 1 is 0.846 bits per heavy atom. The third kappa shape index (κ3) is 5.44. The summed E-state index contributed by atoms with van der Waals surface area (Å²) in [5, 5.41) is 30.2. The lowest BCUT2D eigenvalue weighted by molar-refractivity contribution is -0.385. The zero-order valence-corrected chi connectivity index (χ0v) is 15.2. The van der Waals surface area contributed by atoms with Gasteiger partial charge >= 0.3 is 0 Å². The van der Waals surface area contributed by atoms with Gasteiger partial charge < -0.3 is 10.8 Å². The third-order valence-corrected chi connectivity index (χ3v) is 3.75. The lowest BCUT2D eigenvalue weighted by atomic mass is 10.0. The van der Waals surface area contributed by atoms with Crippen LogP contribution in [0.5, 0.6) is 5.75 Å². The van der Waals surface area contributed by atoms with Gasteiger partial charge in [-0.2, -0.15) is 0 Å². The SMILES string of the molecule is CC(C)c1cc([N+](=O)[O-])ccc1N.CC(C)c1cc([N+](=O)[O-])ccc1O. The maximum Gasteiger partial charge on any atom is 0.269 e. The summed E-state index contributed by atoms with van der Waals surface area (Å²) < 4.78 is 0. The molecule has 0 unspecified atom stereocenters. The lowest BCUT2D eigenvalue weighted by Crippen LogP contribution is -1.98. The van der Waals surface area contributed by atoms with Crippen molar-refractivity contribution >= 4 is 17.1 Å². The van der Waals surface area contributed by atoms with Gasteiger partial charge in [-0.15, -0.1) is 0 Å². The average molecular weight is 361 g/mol. The summed E-state index contributed by atoms with van der Waals surface area (Å²) >= 11 is 0. The second-order valence-corrected chi connectivity index (χ2v) is 6.38. The number of nitrogen functional groups attached to an aromatic ring is 1. The fourth-order valence-electron chi connectivity index (χ4n) is 2.29. The molecule has 3 N–H and O–H groups in total. The van der Waals surface area contributed by atoms with Gasteiger partial charge in [-0.25, -0.2) is 0 Å². The Labute approximate surface area is 151 Å². The summed E-state index contributed by atoms with van der Waals surface area (Å²) in [5.74, 6) is 0.403. The molecule has 2 aromatic carbocycles. The first kappa shape index (κ1) is 20.9. The van der Waals surface area contributed by atoms with Crippen molar-refractivity contribution in [3.63, 3.8) is 0 Å². The van der Waals surface area contributed by atoms with Gasteiger partial charge in [0, 0.05) is 35.5 Å². The fourth-order valence-corrected chi connectivity index (χ4v) is 2.29. The smallest absolute Gasteiger partial charge is 0.269 e. The van der Waals surface area contributed by atoms with E-state index in [1.54, 1.807) is 6.07 Å². The van der Waals surface area contributed by atoms with E-state index in [9.17, 15) is 25.3 Å². The van der Waals surface area contributed by atoms with Crippen LogP contribution in [-0.4, -0.2) is 15.0 Å². The van der Waals surface area contributed by atoms with Gasteiger partial charge in [0.25, 0.3) is 11.4 Å². The summed E-state index contributed by atoms with van der Waals surface area (Å²) in [4.78, 5) is 20.0. The summed E-state index contributed by atoms with van der Waals surface area (Å²) in [7, 11) is 0. The van der Waals surface area contributed by atoms with Gasteiger partial charge in [0.1, 0.15) is 5.75 Å². The van der Waals surface area contributed by atoms with Crippen LogP contribution in [0.25, 0.3) is 0 Å². The van der Waals surface area contributed by atoms with Crippen LogP contribution in [-0.2, 0) is 0 Å². The van der Waals surface area contributed by atoms with Crippen molar-refractivity contribution in [1.82, 2.24) is 0 Å². The molecule has 0 aromatic heterocycles. The van der Waals surface area contributed by atoms with E-state index in [4.69, 9.17) is 5.73 Å². The standard InChI is InChI=1S/C9H12N2O2.C9H11NO3/c1-6(2)8-5-7(11(12)13)3-4-9(8)10;1-6(2)8-5-7(10(12)13)3-4-9(8)11/h3-6H,10H2,1-2H3;3-6,11H,1-2H3. The van der Waals surface area contributed by atoms with Crippen molar-refractivity contribution in [3.8, 4) is 5.75 Å². The Morgan fingerprint density at radius 3 is 1.69 bits per heavy atom. The molecule has 0 saturated carbocycles. The zero-order chi connectivity index (χ0) is 20.0. The number of hydrogen-bond acceptors (Lipinski definition) is 6. The van der Waals surface area contributed by atoms with Crippen LogP contribution in [0.3, 0.4) is 0 Å². The van der Waals surface area contributed by atoms with Gasteiger partial charge in [0.05, 0.1) is 9.85 Å². The highest BCUT2D eigenvalue weighted by Gasteiger charge is 2.12. The van der Waals surface area contributed by atoms with E-state index in [0.29, 0.717) is 11.3 Å². The number of hydrogen-bond donors (Lipinski definition) is 2. The Kier molecular flexibility index (Phi) is 7.06. The number of nitrogens with two attached hydrogens (primary N) is 1. The normalized spacial score (nSPS) is 10.4. The Morgan fingerprint density at radius 2 is 1.27 bits per heavy atom. The number of non-ortho nitro benzene ring substituents is 2. The van der Waals surface area contributed by atoms with Crippen LogP contribution in [0.1, 0.15) is 50.7 Å². The maximum atomic E-state index is 10.5. The minimum absolute atomic E-state index is 0.0153. The monoisotopic (exact) mass is 361 g/mol. The molecule has 0 aliphatic carbocycles. The van der Waals surface area contributed by atoms with E-state index in [0.717, 1.165) is 5.56 Å².